The summed E-state index contributed by atoms with van der Waals surface area (Å²) in [7, 11) is 0. The molecule has 3 N–H and O–H groups in total. The first-order chi connectivity index (χ1) is 20.2. The van der Waals surface area contributed by atoms with Crippen molar-refractivity contribution in [2.45, 2.75) is 84.5 Å². The number of nitrogens with one attached hydrogen (secondary N) is 2. The van der Waals surface area contributed by atoms with E-state index in [4.69, 9.17) is 14.5 Å². The van der Waals surface area contributed by atoms with Crippen molar-refractivity contribution in [3.8, 4) is 11.5 Å². The van der Waals surface area contributed by atoms with Gasteiger partial charge in [-0.2, -0.15) is 0 Å². The van der Waals surface area contributed by atoms with Gasteiger partial charge in [0.05, 0.1) is 23.4 Å². The predicted molar refractivity (Wildman–Crippen MR) is 169 cm³/mol. The van der Waals surface area contributed by atoms with Crippen LogP contribution in [-0.2, 0) is 24.2 Å². The molecule has 3 aromatic rings. The zero-order valence-electron chi connectivity index (χ0n) is 26.1. The van der Waals surface area contributed by atoms with Crippen LogP contribution < -0.4 is 20.1 Å². The smallest absolute Gasteiger partial charge is 0.328 e. The highest BCUT2D eigenvalue weighted by molar-refractivity contribution is 6.17. The second-order valence-electron chi connectivity index (χ2n) is 13.1. The summed E-state index contributed by atoms with van der Waals surface area (Å²) < 4.78 is 12.5. The number of rotatable bonds is 9. The average Bonchev–Trinajstić information content (AvgIpc) is 3.26. The molecule has 0 atom stereocenters. The summed E-state index contributed by atoms with van der Waals surface area (Å²) in [6.45, 7) is 14.3. The maximum atomic E-state index is 13.4. The van der Waals surface area contributed by atoms with E-state index in [9.17, 15) is 14.7 Å². The molecule has 2 aliphatic heterocycles. The van der Waals surface area contributed by atoms with E-state index in [1.807, 2.05) is 49.4 Å². The Morgan fingerprint density at radius 1 is 1.05 bits per heavy atom. The number of fused-ring (bicyclic) bond motifs is 3. The molecule has 226 valence electrons. The lowest BCUT2D eigenvalue weighted by molar-refractivity contribution is -0.143. The molecular formula is C35H41N3O5. The van der Waals surface area contributed by atoms with Crippen LogP contribution in [-0.4, -0.2) is 46.0 Å². The minimum atomic E-state index is -1.44. The lowest BCUT2D eigenvalue weighted by Gasteiger charge is -2.31. The van der Waals surface area contributed by atoms with Crippen molar-refractivity contribution in [3.05, 3.63) is 88.0 Å². The van der Waals surface area contributed by atoms with Crippen molar-refractivity contribution in [1.29, 1.82) is 0 Å². The normalized spacial score (nSPS) is 16.3. The van der Waals surface area contributed by atoms with Crippen molar-refractivity contribution in [3.63, 3.8) is 0 Å². The molecule has 2 heterocycles. The summed E-state index contributed by atoms with van der Waals surface area (Å²) in [5, 5.41) is 15.7. The fraction of sp³-hybridized carbons (Fsp3) is 0.400. The quantitative estimate of drug-likeness (QED) is 0.278. The van der Waals surface area contributed by atoms with E-state index in [-0.39, 0.29) is 11.1 Å². The highest BCUT2D eigenvalue weighted by atomic mass is 16.5. The molecule has 8 nitrogen and oxygen atoms in total. The zero-order valence-corrected chi connectivity index (χ0v) is 26.1. The molecule has 3 aromatic carbocycles. The first-order valence-electron chi connectivity index (χ1n) is 14.8. The first-order valence-corrected chi connectivity index (χ1v) is 14.8. The number of benzene rings is 3. The monoisotopic (exact) mass is 583 g/mol. The van der Waals surface area contributed by atoms with Crippen LogP contribution in [0.2, 0.25) is 0 Å². The Morgan fingerprint density at radius 2 is 1.77 bits per heavy atom. The van der Waals surface area contributed by atoms with Gasteiger partial charge in [-0.3, -0.25) is 9.79 Å². The Bertz CT molecular complexity index is 1610. The molecule has 0 aliphatic carbocycles. The van der Waals surface area contributed by atoms with Crippen LogP contribution in [0.5, 0.6) is 11.5 Å². The Hall–Kier alpha value is -4.33. The minimum Gasteiger partial charge on any atom is -0.490 e. The molecule has 0 fully saturated rings. The topological polar surface area (TPSA) is 109 Å². The molecule has 0 radical (unpaired) electrons. The molecule has 0 saturated carbocycles. The Labute approximate surface area is 253 Å². The highest BCUT2D eigenvalue weighted by Gasteiger charge is 2.40. The van der Waals surface area contributed by atoms with E-state index in [0.717, 1.165) is 57.9 Å². The van der Waals surface area contributed by atoms with Gasteiger partial charge < -0.3 is 25.2 Å². The lowest BCUT2D eigenvalue weighted by Crippen LogP contribution is -2.49. The molecule has 1 amide bonds. The van der Waals surface area contributed by atoms with Crippen molar-refractivity contribution in [2.75, 3.05) is 11.9 Å². The summed E-state index contributed by atoms with van der Waals surface area (Å²) >= 11 is 0. The lowest BCUT2D eigenvalue weighted by atomic mass is 9.80. The van der Waals surface area contributed by atoms with Crippen LogP contribution in [0.1, 0.15) is 86.6 Å². The van der Waals surface area contributed by atoms with Gasteiger partial charge in [0.1, 0.15) is 11.1 Å². The van der Waals surface area contributed by atoms with E-state index in [1.165, 1.54) is 13.8 Å². The van der Waals surface area contributed by atoms with Crippen LogP contribution in [0, 0.1) is 0 Å². The number of aliphatic carboxylic acids is 1. The minimum absolute atomic E-state index is 0.353. The molecular weight excluding hydrogens is 542 g/mol. The number of anilines is 1. The van der Waals surface area contributed by atoms with Crippen LogP contribution in [0.25, 0.3) is 0 Å². The van der Waals surface area contributed by atoms with Crippen molar-refractivity contribution >= 4 is 23.3 Å². The molecule has 8 heteroatoms. The molecule has 0 spiro atoms. The standard InChI is InChI=1S/C35H41N3O5/c1-8-42-27-17-23-18-33(2,3)37-29(28(23)25-19-34(4,5)43-30(25)27)22-14-15-24(31(39)38-35(6,7)32(40)41)26(16-22)36-20-21-12-10-9-11-13-21/h9-17,36H,8,18-20H2,1-7H3,(H,38,39)(H,40,41). The highest BCUT2D eigenvalue weighted by Crippen LogP contribution is 2.48. The van der Waals surface area contributed by atoms with Crippen LogP contribution in [0.3, 0.4) is 0 Å². The maximum absolute atomic E-state index is 13.4. The van der Waals surface area contributed by atoms with Gasteiger partial charge in [0, 0.05) is 35.3 Å². The van der Waals surface area contributed by atoms with Gasteiger partial charge in [0.15, 0.2) is 11.5 Å². The number of hydrogen-bond donors (Lipinski definition) is 3. The van der Waals surface area contributed by atoms with Gasteiger partial charge in [-0.25, -0.2) is 4.79 Å². The van der Waals surface area contributed by atoms with E-state index in [2.05, 4.69) is 44.4 Å². The predicted octanol–water partition coefficient (Wildman–Crippen LogP) is 6.18. The van der Waals surface area contributed by atoms with Gasteiger partial charge in [-0.15, -0.1) is 0 Å². The average molecular weight is 584 g/mol. The summed E-state index contributed by atoms with van der Waals surface area (Å²) in [6, 6.07) is 17.6. The maximum Gasteiger partial charge on any atom is 0.328 e. The fourth-order valence-corrected chi connectivity index (χ4v) is 5.77. The third kappa shape index (κ3) is 6.24. The van der Waals surface area contributed by atoms with Crippen LogP contribution in [0.4, 0.5) is 5.69 Å². The number of carboxylic acids is 1. The van der Waals surface area contributed by atoms with Gasteiger partial charge in [-0.1, -0.05) is 36.4 Å². The largest absolute Gasteiger partial charge is 0.490 e. The molecule has 0 unspecified atom stereocenters. The SMILES string of the molecule is CCOc1cc2c(c3c1OC(C)(C)C3)C(c1ccc(C(=O)NC(C)(C)C(=O)O)c(NCc3ccccc3)c1)=NC(C)(C)C2. The number of carbonyl (C=O) groups is 2. The van der Waals surface area contributed by atoms with Gasteiger partial charge in [0.25, 0.3) is 5.91 Å². The van der Waals surface area contributed by atoms with Crippen molar-refractivity contribution in [1.82, 2.24) is 5.32 Å². The second kappa shape index (κ2) is 11.1. The third-order valence-corrected chi connectivity index (χ3v) is 7.81. The number of amides is 1. The number of aliphatic imine (C=N–C) groups is 1. The molecule has 43 heavy (non-hydrogen) atoms. The van der Waals surface area contributed by atoms with E-state index in [0.29, 0.717) is 24.4 Å². The van der Waals surface area contributed by atoms with E-state index >= 15 is 0 Å². The molecule has 0 bridgehead atoms. The van der Waals surface area contributed by atoms with E-state index in [1.54, 1.807) is 6.07 Å². The van der Waals surface area contributed by atoms with Gasteiger partial charge in [-0.05, 0) is 84.2 Å². The number of hydrogen-bond acceptors (Lipinski definition) is 6. The van der Waals surface area contributed by atoms with Crippen LogP contribution >= 0.6 is 0 Å². The Balaban J connectivity index is 1.63. The van der Waals surface area contributed by atoms with Crippen molar-refractivity contribution < 1.29 is 24.2 Å². The number of nitrogens with zero attached hydrogens (tertiary/aromatic N) is 1. The summed E-state index contributed by atoms with van der Waals surface area (Å²) in [4.78, 5) is 30.5. The fourth-order valence-electron chi connectivity index (χ4n) is 5.77. The number of carboxylic acid groups (broad SMARTS) is 1. The molecule has 2 aliphatic rings. The molecule has 5 rings (SSSR count). The van der Waals surface area contributed by atoms with Gasteiger partial charge >= 0.3 is 5.97 Å². The summed E-state index contributed by atoms with van der Waals surface area (Å²) in [6.07, 6.45) is 1.47. The van der Waals surface area contributed by atoms with Crippen molar-refractivity contribution in [2.24, 2.45) is 4.99 Å². The summed E-state index contributed by atoms with van der Waals surface area (Å²) in [5.41, 5.74) is 4.80. The Morgan fingerprint density at radius 3 is 2.44 bits per heavy atom. The number of ether oxygens (including phenoxy) is 2. The van der Waals surface area contributed by atoms with E-state index < -0.39 is 17.4 Å². The Kier molecular flexibility index (Phi) is 7.75. The number of carbonyl (C=O) groups excluding carboxylic acids is 1. The zero-order chi connectivity index (χ0) is 31.2. The molecule has 0 saturated heterocycles. The van der Waals surface area contributed by atoms with Crippen LogP contribution in [0.15, 0.2) is 59.6 Å². The van der Waals surface area contributed by atoms with Gasteiger partial charge in [0.2, 0.25) is 0 Å². The summed E-state index contributed by atoms with van der Waals surface area (Å²) in [5.74, 6) is -0.0557. The second-order valence-corrected chi connectivity index (χ2v) is 13.1. The first kappa shape index (κ1) is 30.1. The molecule has 0 aromatic heterocycles. The third-order valence-electron chi connectivity index (χ3n) is 7.81.